The summed E-state index contributed by atoms with van der Waals surface area (Å²) < 4.78 is 0. The van der Waals surface area contributed by atoms with Gasteiger partial charge in [-0.1, -0.05) is 13.8 Å². The van der Waals surface area contributed by atoms with E-state index in [-0.39, 0.29) is 5.91 Å². The second-order valence-electron chi connectivity index (χ2n) is 5.38. The van der Waals surface area contributed by atoms with Gasteiger partial charge in [0.05, 0.1) is 6.54 Å². The summed E-state index contributed by atoms with van der Waals surface area (Å²) in [6.45, 7) is 7.99. The summed E-state index contributed by atoms with van der Waals surface area (Å²) in [5, 5.41) is 6.35. The lowest BCUT2D eigenvalue weighted by atomic mass is 9.98. The number of carbonyl (C=O) groups excluding carboxylic acids is 1. The highest BCUT2D eigenvalue weighted by Crippen LogP contribution is 2.15. The Balaban J connectivity index is 2.30. The minimum atomic E-state index is 0.189. The number of likely N-dealkylation sites (tertiary alicyclic amines) is 1. The van der Waals surface area contributed by atoms with Crippen LogP contribution in [-0.4, -0.2) is 50.1 Å². The van der Waals surface area contributed by atoms with Crippen molar-refractivity contribution in [1.82, 2.24) is 15.5 Å². The highest BCUT2D eigenvalue weighted by Gasteiger charge is 2.21. The Hall–Kier alpha value is -0.610. The quantitative estimate of drug-likeness (QED) is 0.719. The van der Waals surface area contributed by atoms with Crippen LogP contribution >= 0.6 is 0 Å². The van der Waals surface area contributed by atoms with E-state index in [1.807, 2.05) is 7.05 Å². The lowest BCUT2D eigenvalue weighted by Gasteiger charge is -2.32. The molecule has 1 saturated heterocycles. The van der Waals surface area contributed by atoms with Gasteiger partial charge in [-0.15, -0.1) is 0 Å². The highest BCUT2D eigenvalue weighted by molar-refractivity contribution is 5.78. The van der Waals surface area contributed by atoms with Gasteiger partial charge in [0, 0.05) is 12.6 Å². The predicted octanol–water partition coefficient (Wildman–Crippen LogP) is 1.22. The van der Waals surface area contributed by atoms with Crippen molar-refractivity contribution in [1.29, 1.82) is 0 Å². The first-order valence-electron chi connectivity index (χ1n) is 7.35. The molecule has 0 aliphatic carbocycles. The zero-order valence-electron chi connectivity index (χ0n) is 12.2. The van der Waals surface area contributed by atoms with Crippen LogP contribution in [0, 0.1) is 5.92 Å². The third kappa shape index (κ3) is 5.36. The first-order valence-corrected chi connectivity index (χ1v) is 7.35. The monoisotopic (exact) mass is 255 g/mol. The van der Waals surface area contributed by atoms with Crippen molar-refractivity contribution < 1.29 is 4.79 Å². The molecule has 1 fully saturated rings. The van der Waals surface area contributed by atoms with Crippen molar-refractivity contribution in [3.05, 3.63) is 0 Å². The number of hydrogen-bond acceptors (Lipinski definition) is 3. The van der Waals surface area contributed by atoms with Crippen molar-refractivity contribution >= 4 is 5.91 Å². The van der Waals surface area contributed by atoms with Crippen molar-refractivity contribution in [3.63, 3.8) is 0 Å². The normalized spacial score (nSPS) is 21.2. The van der Waals surface area contributed by atoms with Crippen molar-refractivity contribution in [2.45, 2.75) is 45.6 Å². The molecule has 18 heavy (non-hydrogen) atoms. The largest absolute Gasteiger partial charge is 0.352 e. The van der Waals surface area contributed by atoms with Gasteiger partial charge in [-0.2, -0.15) is 0 Å². The van der Waals surface area contributed by atoms with Gasteiger partial charge in [0.1, 0.15) is 0 Å². The molecule has 0 aromatic carbocycles. The van der Waals surface area contributed by atoms with E-state index in [0.29, 0.717) is 18.5 Å². The molecule has 0 bridgehead atoms. The average molecular weight is 255 g/mol. The van der Waals surface area contributed by atoms with Crippen LogP contribution in [0.2, 0.25) is 0 Å². The van der Waals surface area contributed by atoms with Crippen molar-refractivity contribution in [3.8, 4) is 0 Å². The van der Waals surface area contributed by atoms with Gasteiger partial charge in [-0.25, -0.2) is 0 Å². The predicted molar refractivity (Wildman–Crippen MR) is 75.6 cm³/mol. The third-order valence-electron chi connectivity index (χ3n) is 3.81. The van der Waals surface area contributed by atoms with Gasteiger partial charge >= 0.3 is 0 Å². The Morgan fingerprint density at radius 3 is 2.72 bits per heavy atom. The Labute approximate surface area is 111 Å². The summed E-state index contributed by atoms with van der Waals surface area (Å²) in [4.78, 5) is 14.2. The maximum Gasteiger partial charge on any atom is 0.234 e. The van der Waals surface area contributed by atoms with Crippen molar-refractivity contribution in [2.75, 3.05) is 33.2 Å². The van der Waals surface area contributed by atoms with Gasteiger partial charge < -0.3 is 10.6 Å². The lowest BCUT2D eigenvalue weighted by molar-refractivity contribution is -0.123. The molecule has 1 aliphatic heterocycles. The number of piperidine rings is 1. The van der Waals surface area contributed by atoms with Crippen LogP contribution in [0.3, 0.4) is 0 Å². The maximum absolute atomic E-state index is 11.9. The van der Waals surface area contributed by atoms with Gasteiger partial charge in [-0.3, -0.25) is 9.69 Å². The van der Waals surface area contributed by atoms with Gasteiger partial charge in [0.15, 0.2) is 0 Å². The molecular weight excluding hydrogens is 226 g/mol. The van der Waals surface area contributed by atoms with E-state index in [1.165, 1.54) is 12.8 Å². The summed E-state index contributed by atoms with van der Waals surface area (Å²) in [6, 6.07) is 0.343. The minimum absolute atomic E-state index is 0.189. The Kier molecular flexibility index (Phi) is 7.28. The summed E-state index contributed by atoms with van der Waals surface area (Å²) >= 11 is 0. The molecule has 1 rings (SSSR count). The first-order chi connectivity index (χ1) is 8.69. The molecular formula is C14H29N3O. The fourth-order valence-corrected chi connectivity index (χ4v) is 2.72. The fourth-order valence-electron chi connectivity index (χ4n) is 2.72. The number of nitrogens with zero attached hydrogens (tertiary/aromatic N) is 1. The van der Waals surface area contributed by atoms with Gasteiger partial charge in [0.2, 0.25) is 5.91 Å². The molecule has 0 saturated carbocycles. The van der Waals surface area contributed by atoms with Crippen LogP contribution in [0.25, 0.3) is 0 Å². The fraction of sp³-hybridized carbons (Fsp3) is 0.929. The summed E-state index contributed by atoms with van der Waals surface area (Å²) in [5.41, 5.74) is 0. The summed E-state index contributed by atoms with van der Waals surface area (Å²) in [5.74, 6) is 0.888. The van der Waals surface area contributed by atoms with Crippen molar-refractivity contribution in [2.24, 2.45) is 5.92 Å². The van der Waals surface area contributed by atoms with E-state index in [9.17, 15) is 4.79 Å². The molecule has 4 heteroatoms. The molecule has 0 aromatic heterocycles. The number of hydrogen-bond donors (Lipinski definition) is 2. The molecule has 106 valence electrons. The Morgan fingerprint density at radius 2 is 2.11 bits per heavy atom. The average Bonchev–Trinajstić information content (AvgIpc) is 2.36. The van der Waals surface area contributed by atoms with Crippen LogP contribution < -0.4 is 10.6 Å². The van der Waals surface area contributed by atoms with E-state index < -0.39 is 0 Å². The minimum Gasteiger partial charge on any atom is -0.352 e. The number of amides is 1. The molecule has 2 N–H and O–H groups in total. The first kappa shape index (κ1) is 15.4. The topological polar surface area (TPSA) is 44.4 Å². The second-order valence-corrected chi connectivity index (χ2v) is 5.38. The van der Waals surface area contributed by atoms with Gasteiger partial charge in [-0.05, 0) is 51.7 Å². The van der Waals surface area contributed by atoms with Crippen LogP contribution in [0.15, 0.2) is 0 Å². The molecule has 1 heterocycles. The van der Waals surface area contributed by atoms with E-state index in [0.717, 1.165) is 32.5 Å². The van der Waals surface area contributed by atoms with Crippen LogP contribution in [0.1, 0.15) is 39.5 Å². The van der Waals surface area contributed by atoms with Gasteiger partial charge in [0.25, 0.3) is 0 Å². The molecule has 0 aromatic rings. The maximum atomic E-state index is 11.9. The lowest BCUT2D eigenvalue weighted by Crippen LogP contribution is -2.46. The molecule has 1 amide bonds. The standard InChI is InChI=1S/C14H29N3O/c1-4-13(5-2)16-14(18)11-17-8-6-7-12(10-17)9-15-3/h12-13,15H,4-11H2,1-3H3,(H,16,18). The van der Waals surface area contributed by atoms with Crippen LogP contribution in [0.5, 0.6) is 0 Å². The number of rotatable bonds is 7. The van der Waals surface area contributed by atoms with E-state index in [1.54, 1.807) is 0 Å². The van der Waals surface area contributed by atoms with E-state index in [4.69, 9.17) is 0 Å². The van der Waals surface area contributed by atoms with Crippen LogP contribution in [0.4, 0.5) is 0 Å². The second kappa shape index (κ2) is 8.48. The molecule has 4 nitrogen and oxygen atoms in total. The summed E-state index contributed by atoms with van der Waals surface area (Å²) in [6.07, 6.45) is 4.53. The smallest absolute Gasteiger partial charge is 0.234 e. The Bertz CT molecular complexity index is 239. The van der Waals surface area contributed by atoms with E-state index in [2.05, 4.69) is 29.4 Å². The summed E-state index contributed by atoms with van der Waals surface area (Å²) in [7, 11) is 2.00. The molecule has 0 radical (unpaired) electrons. The molecule has 0 spiro atoms. The number of carbonyl (C=O) groups is 1. The van der Waals surface area contributed by atoms with Crippen LogP contribution in [-0.2, 0) is 4.79 Å². The SMILES string of the molecule is CCC(CC)NC(=O)CN1CCCC(CNC)C1. The Morgan fingerprint density at radius 1 is 1.39 bits per heavy atom. The zero-order chi connectivity index (χ0) is 13.4. The zero-order valence-corrected chi connectivity index (χ0v) is 12.2. The molecule has 1 aliphatic rings. The molecule has 1 atom stereocenters. The number of nitrogens with one attached hydrogen (secondary N) is 2. The molecule has 1 unspecified atom stereocenters. The highest BCUT2D eigenvalue weighted by atomic mass is 16.2. The third-order valence-corrected chi connectivity index (χ3v) is 3.81. The van der Waals surface area contributed by atoms with E-state index >= 15 is 0 Å².